The molecular formula is C14H22IN3. The Hall–Kier alpha value is -0.390. The van der Waals surface area contributed by atoms with Gasteiger partial charge in [0.25, 0.3) is 0 Å². The zero-order valence-electron chi connectivity index (χ0n) is 11.8. The normalized spacial score (nSPS) is 21.2. The minimum absolute atomic E-state index is 0.382. The first kappa shape index (κ1) is 14.0. The van der Waals surface area contributed by atoms with Crippen LogP contribution in [0.15, 0.2) is 0 Å². The number of aromatic nitrogens is 2. The lowest BCUT2D eigenvalue weighted by Crippen LogP contribution is -2.10. The molecule has 0 amide bonds. The highest BCUT2D eigenvalue weighted by Crippen LogP contribution is 2.57. The maximum Gasteiger partial charge on any atom is 0.143 e. The van der Waals surface area contributed by atoms with Gasteiger partial charge < -0.3 is 5.32 Å². The summed E-state index contributed by atoms with van der Waals surface area (Å²) in [6, 6.07) is 0. The van der Waals surface area contributed by atoms with Gasteiger partial charge in [-0.25, -0.2) is 9.97 Å². The Morgan fingerprint density at radius 1 is 1.39 bits per heavy atom. The monoisotopic (exact) mass is 359 g/mol. The fraction of sp³-hybridized carbons (Fsp3) is 0.714. The van der Waals surface area contributed by atoms with E-state index in [4.69, 9.17) is 4.98 Å². The Kier molecular flexibility index (Phi) is 3.85. The Balaban J connectivity index is 2.37. The van der Waals surface area contributed by atoms with Crippen LogP contribution in [0.4, 0.5) is 5.82 Å². The molecular weight excluding hydrogens is 337 g/mol. The second-order valence-electron chi connectivity index (χ2n) is 6.28. The van der Waals surface area contributed by atoms with Crippen molar-refractivity contribution in [1.82, 2.24) is 9.97 Å². The minimum atomic E-state index is 0.382. The summed E-state index contributed by atoms with van der Waals surface area (Å²) in [5.74, 6) is 3.17. The van der Waals surface area contributed by atoms with E-state index < -0.39 is 0 Å². The van der Waals surface area contributed by atoms with Gasteiger partial charge in [0.2, 0.25) is 0 Å². The van der Waals surface area contributed by atoms with Gasteiger partial charge in [0.1, 0.15) is 11.6 Å². The summed E-state index contributed by atoms with van der Waals surface area (Å²) in [5, 5.41) is 3.20. The maximum absolute atomic E-state index is 4.82. The van der Waals surface area contributed by atoms with E-state index in [9.17, 15) is 0 Å². The first-order valence-electron chi connectivity index (χ1n) is 6.59. The number of halogens is 1. The van der Waals surface area contributed by atoms with E-state index >= 15 is 0 Å². The third-order valence-corrected chi connectivity index (χ3v) is 4.73. The first-order chi connectivity index (χ1) is 8.35. The molecule has 18 heavy (non-hydrogen) atoms. The molecule has 0 spiro atoms. The van der Waals surface area contributed by atoms with Crippen LogP contribution in [0.3, 0.4) is 0 Å². The van der Waals surface area contributed by atoms with Gasteiger partial charge >= 0.3 is 0 Å². The molecule has 0 bridgehead atoms. The van der Waals surface area contributed by atoms with Crippen molar-refractivity contribution in [2.75, 3.05) is 12.4 Å². The third kappa shape index (κ3) is 2.78. The van der Waals surface area contributed by atoms with Crippen LogP contribution in [0.5, 0.6) is 0 Å². The molecule has 0 aliphatic heterocycles. The summed E-state index contributed by atoms with van der Waals surface area (Å²) >= 11 is 2.36. The fourth-order valence-electron chi connectivity index (χ4n) is 2.26. The summed E-state index contributed by atoms with van der Waals surface area (Å²) in [6.07, 6.45) is 2.23. The van der Waals surface area contributed by atoms with Crippen molar-refractivity contribution in [2.45, 2.75) is 46.5 Å². The first-order valence-corrected chi connectivity index (χ1v) is 7.67. The van der Waals surface area contributed by atoms with Crippen LogP contribution in [0, 0.1) is 14.9 Å². The molecule has 0 aromatic carbocycles. The quantitative estimate of drug-likeness (QED) is 0.831. The molecule has 1 unspecified atom stereocenters. The predicted octanol–water partition coefficient (Wildman–Crippen LogP) is 3.83. The van der Waals surface area contributed by atoms with Crippen molar-refractivity contribution in [3.8, 4) is 0 Å². The highest BCUT2D eigenvalue weighted by molar-refractivity contribution is 14.1. The van der Waals surface area contributed by atoms with Gasteiger partial charge in [-0.05, 0) is 46.8 Å². The molecule has 1 aliphatic carbocycles. The van der Waals surface area contributed by atoms with Crippen LogP contribution < -0.4 is 5.32 Å². The SMILES string of the molecule is CNc1nc(C2CC2(C)C)nc(CC(C)C)c1I. The molecule has 100 valence electrons. The lowest BCUT2D eigenvalue weighted by atomic mass is 10.1. The summed E-state index contributed by atoms with van der Waals surface area (Å²) in [6.45, 7) is 9.05. The van der Waals surface area contributed by atoms with Gasteiger partial charge in [0.15, 0.2) is 0 Å². The Morgan fingerprint density at radius 3 is 2.44 bits per heavy atom. The number of nitrogens with one attached hydrogen (secondary N) is 1. The smallest absolute Gasteiger partial charge is 0.143 e. The molecule has 1 fully saturated rings. The molecule has 0 saturated heterocycles. The summed E-state index contributed by atoms with van der Waals surface area (Å²) in [4.78, 5) is 9.51. The van der Waals surface area contributed by atoms with Crippen molar-refractivity contribution < 1.29 is 0 Å². The molecule has 1 heterocycles. The van der Waals surface area contributed by atoms with Crippen LogP contribution in [0.25, 0.3) is 0 Å². The lowest BCUT2D eigenvalue weighted by molar-refractivity contribution is 0.597. The van der Waals surface area contributed by atoms with Crippen LogP contribution in [-0.4, -0.2) is 17.0 Å². The van der Waals surface area contributed by atoms with Crippen LogP contribution >= 0.6 is 22.6 Å². The van der Waals surface area contributed by atoms with Crippen LogP contribution in [0.2, 0.25) is 0 Å². The van der Waals surface area contributed by atoms with Crippen molar-refractivity contribution in [2.24, 2.45) is 11.3 Å². The number of rotatable bonds is 4. The highest BCUT2D eigenvalue weighted by atomic mass is 127. The molecule has 1 N–H and O–H groups in total. The summed E-state index contributed by atoms with van der Waals surface area (Å²) in [5.41, 5.74) is 1.58. The van der Waals surface area contributed by atoms with E-state index in [1.807, 2.05) is 7.05 Å². The van der Waals surface area contributed by atoms with Gasteiger partial charge in [-0.3, -0.25) is 0 Å². The van der Waals surface area contributed by atoms with Gasteiger partial charge in [0, 0.05) is 13.0 Å². The number of anilines is 1. The lowest BCUT2D eigenvalue weighted by Gasteiger charge is -2.13. The van der Waals surface area contributed by atoms with Crippen molar-refractivity contribution in [3.63, 3.8) is 0 Å². The van der Waals surface area contributed by atoms with E-state index in [0.29, 0.717) is 17.3 Å². The minimum Gasteiger partial charge on any atom is -0.372 e. The molecule has 1 aliphatic rings. The van der Waals surface area contributed by atoms with Gasteiger partial charge in [-0.2, -0.15) is 0 Å². The van der Waals surface area contributed by atoms with E-state index in [1.165, 1.54) is 15.7 Å². The fourth-order valence-corrected chi connectivity index (χ4v) is 3.00. The standard InChI is InChI=1S/C14H22IN3/c1-8(2)6-10-11(15)13(16-5)18-12(17-10)9-7-14(9,3)4/h8-9H,6-7H2,1-5H3,(H,16,17,18). The molecule has 1 atom stereocenters. The average molecular weight is 359 g/mol. The third-order valence-electron chi connectivity index (χ3n) is 3.60. The maximum atomic E-state index is 4.82. The number of nitrogens with zero attached hydrogens (tertiary/aromatic N) is 2. The van der Waals surface area contributed by atoms with Crippen molar-refractivity contribution >= 4 is 28.4 Å². The number of hydrogen-bond donors (Lipinski definition) is 1. The second kappa shape index (κ2) is 4.94. The summed E-state index contributed by atoms with van der Waals surface area (Å²) in [7, 11) is 1.94. The second-order valence-corrected chi connectivity index (χ2v) is 7.36. The molecule has 1 aromatic rings. The molecule has 1 saturated carbocycles. The molecule has 0 radical (unpaired) electrons. The molecule has 1 aromatic heterocycles. The zero-order valence-corrected chi connectivity index (χ0v) is 14.0. The largest absolute Gasteiger partial charge is 0.372 e. The average Bonchev–Trinajstić information content (AvgIpc) is 2.90. The molecule has 3 nitrogen and oxygen atoms in total. The predicted molar refractivity (Wildman–Crippen MR) is 84.0 cm³/mol. The summed E-state index contributed by atoms with van der Waals surface area (Å²) < 4.78 is 1.17. The molecule has 4 heteroatoms. The molecule has 2 rings (SSSR count). The Bertz CT molecular complexity index is 455. The van der Waals surface area contributed by atoms with E-state index in [2.05, 4.69) is 60.6 Å². The van der Waals surface area contributed by atoms with Gasteiger partial charge in [0.05, 0.1) is 9.26 Å². The van der Waals surface area contributed by atoms with Gasteiger partial charge in [-0.15, -0.1) is 0 Å². The van der Waals surface area contributed by atoms with E-state index in [-0.39, 0.29) is 0 Å². The van der Waals surface area contributed by atoms with E-state index in [1.54, 1.807) is 0 Å². The topological polar surface area (TPSA) is 37.8 Å². The van der Waals surface area contributed by atoms with Crippen LogP contribution in [-0.2, 0) is 6.42 Å². The Morgan fingerprint density at radius 2 is 2.00 bits per heavy atom. The van der Waals surface area contributed by atoms with Crippen molar-refractivity contribution in [1.29, 1.82) is 0 Å². The van der Waals surface area contributed by atoms with Crippen LogP contribution in [0.1, 0.15) is 51.6 Å². The number of hydrogen-bond acceptors (Lipinski definition) is 3. The Labute approximate surface area is 123 Å². The highest BCUT2D eigenvalue weighted by Gasteiger charge is 2.48. The van der Waals surface area contributed by atoms with Gasteiger partial charge in [-0.1, -0.05) is 27.7 Å². The van der Waals surface area contributed by atoms with E-state index in [0.717, 1.165) is 18.1 Å². The van der Waals surface area contributed by atoms with Crippen molar-refractivity contribution in [3.05, 3.63) is 15.1 Å². The zero-order chi connectivity index (χ0) is 13.5.